The Bertz CT molecular complexity index is 599. The number of hydrogen-bond acceptors (Lipinski definition) is 2. The third kappa shape index (κ3) is 5.62. The van der Waals surface area contributed by atoms with Gasteiger partial charge in [0.1, 0.15) is 5.60 Å². The number of piperidine rings is 1. The zero-order valence-electron chi connectivity index (χ0n) is 16.6. The molecule has 0 aliphatic carbocycles. The maximum absolute atomic E-state index is 12.2. The monoisotopic (exact) mass is 343 g/mol. The van der Waals surface area contributed by atoms with Gasteiger partial charge < -0.3 is 9.64 Å². The molecular formula is C22H33NO2. The van der Waals surface area contributed by atoms with Gasteiger partial charge in [-0.05, 0) is 76.0 Å². The topological polar surface area (TPSA) is 29.5 Å². The average Bonchev–Trinajstić information content (AvgIpc) is 2.52. The number of hydrogen-bond donors (Lipinski definition) is 0. The van der Waals surface area contributed by atoms with E-state index in [1.807, 2.05) is 25.7 Å². The molecule has 1 aliphatic rings. The van der Waals surface area contributed by atoms with Gasteiger partial charge in [-0.3, -0.25) is 0 Å². The summed E-state index contributed by atoms with van der Waals surface area (Å²) < 4.78 is 5.48. The largest absolute Gasteiger partial charge is 0.444 e. The Labute approximate surface area is 153 Å². The van der Waals surface area contributed by atoms with Crippen molar-refractivity contribution in [2.45, 2.75) is 60.0 Å². The first-order chi connectivity index (χ1) is 11.7. The summed E-state index contributed by atoms with van der Waals surface area (Å²) in [5.74, 6) is 1.14. The number of carbonyl (C=O) groups is 1. The van der Waals surface area contributed by atoms with Gasteiger partial charge in [0.05, 0.1) is 0 Å². The SMILES string of the molecule is Cc1cccc(C)c1/C=C/C(C)C1CCN(C(=O)OC(C)(C)C)CC1. The van der Waals surface area contributed by atoms with E-state index in [1.54, 1.807) is 0 Å². The normalized spacial score (nSPS) is 17.8. The van der Waals surface area contributed by atoms with Crippen molar-refractivity contribution in [1.29, 1.82) is 0 Å². The standard InChI is InChI=1S/C22H33NO2/c1-16(10-11-20-17(2)8-7-9-18(20)3)19-12-14-23(15-13-19)21(24)25-22(4,5)6/h7-11,16,19H,12-15H2,1-6H3/b11-10+. The van der Waals surface area contributed by atoms with Gasteiger partial charge in [0, 0.05) is 13.1 Å². The molecule has 0 saturated carbocycles. The molecule has 0 radical (unpaired) electrons. The first kappa shape index (κ1) is 19.6. The molecular weight excluding hydrogens is 310 g/mol. The molecule has 1 unspecified atom stereocenters. The van der Waals surface area contributed by atoms with E-state index in [9.17, 15) is 4.79 Å². The van der Waals surface area contributed by atoms with Crippen molar-refractivity contribution in [2.24, 2.45) is 11.8 Å². The Balaban J connectivity index is 1.90. The second kappa shape index (κ2) is 8.07. The molecule has 1 aromatic rings. The smallest absolute Gasteiger partial charge is 0.410 e. The zero-order valence-corrected chi connectivity index (χ0v) is 16.6. The Morgan fingerprint density at radius 1 is 1.20 bits per heavy atom. The summed E-state index contributed by atoms with van der Waals surface area (Å²) in [5, 5.41) is 0. The number of amides is 1. The number of aryl methyl sites for hydroxylation is 2. The van der Waals surface area contributed by atoms with E-state index < -0.39 is 5.60 Å². The van der Waals surface area contributed by atoms with Crippen LogP contribution < -0.4 is 0 Å². The first-order valence-corrected chi connectivity index (χ1v) is 9.39. The summed E-state index contributed by atoms with van der Waals surface area (Å²) in [6.07, 6.45) is 6.51. The Hall–Kier alpha value is -1.77. The van der Waals surface area contributed by atoms with Crippen LogP contribution in [0.15, 0.2) is 24.3 Å². The van der Waals surface area contributed by atoms with Gasteiger partial charge in [0.25, 0.3) is 0 Å². The molecule has 1 amide bonds. The lowest BCUT2D eigenvalue weighted by Gasteiger charge is -2.35. The summed E-state index contributed by atoms with van der Waals surface area (Å²) in [7, 11) is 0. The van der Waals surface area contributed by atoms with Crippen LogP contribution in [0, 0.1) is 25.7 Å². The average molecular weight is 344 g/mol. The van der Waals surface area contributed by atoms with Gasteiger partial charge >= 0.3 is 6.09 Å². The number of allylic oxidation sites excluding steroid dienone is 1. The third-order valence-corrected chi connectivity index (χ3v) is 5.04. The molecule has 3 heteroatoms. The Morgan fingerprint density at radius 2 is 1.76 bits per heavy atom. The highest BCUT2D eigenvalue weighted by Crippen LogP contribution is 2.28. The maximum Gasteiger partial charge on any atom is 0.410 e. The van der Waals surface area contributed by atoms with E-state index in [4.69, 9.17) is 4.74 Å². The molecule has 3 nitrogen and oxygen atoms in total. The molecule has 1 aromatic carbocycles. The van der Waals surface area contributed by atoms with Crippen molar-refractivity contribution in [3.05, 3.63) is 41.0 Å². The molecule has 138 valence electrons. The van der Waals surface area contributed by atoms with Gasteiger partial charge in [-0.15, -0.1) is 0 Å². The molecule has 0 N–H and O–H groups in total. The quantitative estimate of drug-likeness (QED) is 0.715. The van der Waals surface area contributed by atoms with Crippen LogP contribution in [0.5, 0.6) is 0 Å². The molecule has 1 heterocycles. The predicted molar refractivity (Wildman–Crippen MR) is 105 cm³/mol. The molecule has 1 atom stereocenters. The minimum absolute atomic E-state index is 0.176. The Morgan fingerprint density at radius 3 is 2.28 bits per heavy atom. The second-order valence-electron chi connectivity index (χ2n) is 8.33. The van der Waals surface area contributed by atoms with Crippen LogP contribution in [-0.4, -0.2) is 29.7 Å². The lowest BCUT2D eigenvalue weighted by Crippen LogP contribution is -2.42. The number of nitrogens with zero attached hydrogens (tertiary/aromatic N) is 1. The van der Waals surface area contributed by atoms with E-state index in [2.05, 4.69) is 51.1 Å². The van der Waals surface area contributed by atoms with Crippen molar-refractivity contribution in [3.63, 3.8) is 0 Å². The van der Waals surface area contributed by atoms with E-state index in [1.165, 1.54) is 16.7 Å². The van der Waals surface area contributed by atoms with Crippen molar-refractivity contribution in [2.75, 3.05) is 13.1 Å². The highest BCUT2D eigenvalue weighted by atomic mass is 16.6. The lowest BCUT2D eigenvalue weighted by molar-refractivity contribution is 0.0171. The maximum atomic E-state index is 12.2. The summed E-state index contributed by atoms with van der Waals surface area (Å²) in [6, 6.07) is 6.44. The Kier molecular flexibility index (Phi) is 6.31. The minimum atomic E-state index is -0.421. The molecule has 0 aromatic heterocycles. The molecule has 25 heavy (non-hydrogen) atoms. The summed E-state index contributed by atoms with van der Waals surface area (Å²) in [5.41, 5.74) is 3.56. The predicted octanol–water partition coefficient (Wildman–Crippen LogP) is 5.60. The van der Waals surface area contributed by atoms with Crippen LogP contribution in [0.25, 0.3) is 6.08 Å². The number of carbonyl (C=O) groups excluding carboxylic acids is 1. The highest BCUT2D eigenvalue weighted by molar-refractivity contribution is 5.68. The molecule has 0 spiro atoms. The number of rotatable bonds is 3. The molecule has 1 fully saturated rings. The fourth-order valence-electron chi connectivity index (χ4n) is 3.43. The van der Waals surface area contributed by atoms with Crippen molar-refractivity contribution < 1.29 is 9.53 Å². The van der Waals surface area contributed by atoms with Crippen LogP contribution >= 0.6 is 0 Å². The third-order valence-electron chi connectivity index (χ3n) is 5.04. The van der Waals surface area contributed by atoms with E-state index in [0.717, 1.165) is 25.9 Å². The molecule has 2 rings (SSSR count). The van der Waals surface area contributed by atoms with Gasteiger partial charge in [0.2, 0.25) is 0 Å². The van der Waals surface area contributed by atoms with E-state index >= 15 is 0 Å². The van der Waals surface area contributed by atoms with Crippen LogP contribution in [-0.2, 0) is 4.74 Å². The number of likely N-dealkylation sites (tertiary alicyclic amines) is 1. The van der Waals surface area contributed by atoms with Crippen LogP contribution in [0.4, 0.5) is 4.79 Å². The lowest BCUT2D eigenvalue weighted by atomic mass is 9.85. The summed E-state index contributed by atoms with van der Waals surface area (Å²) >= 11 is 0. The van der Waals surface area contributed by atoms with Crippen molar-refractivity contribution in [3.8, 4) is 0 Å². The van der Waals surface area contributed by atoms with Crippen molar-refractivity contribution >= 4 is 12.2 Å². The second-order valence-corrected chi connectivity index (χ2v) is 8.33. The molecule has 1 aliphatic heterocycles. The fraction of sp³-hybridized carbons (Fsp3) is 0.591. The fourth-order valence-corrected chi connectivity index (χ4v) is 3.43. The van der Waals surface area contributed by atoms with E-state index in [-0.39, 0.29) is 6.09 Å². The van der Waals surface area contributed by atoms with Crippen LogP contribution in [0.2, 0.25) is 0 Å². The van der Waals surface area contributed by atoms with Gasteiger partial charge in [-0.1, -0.05) is 37.3 Å². The highest BCUT2D eigenvalue weighted by Gasteiger charge is 2.28. The van der Waals surface area contributed by atoms with Crippen LogP contribution in [0.1, 0.15) is 57.2 Å². The van der Waals surface area contributed by atoms with Crippen molar-refractivity contribution in [1.82, 2.24) is 4.90 Å². The molecule has 1 saturated heterocycles. The summed E-state index contributed by atoms with van der Waals surface area (Å²) in [6.45, 7) is 13.9. The van der Waals surface area contributed by atoms with Gasteiger partial charge in [-0.25, -0.2) is 4.79 Å². The van der Waals surface area contributed by atoms with Gasteiger partial charge in [0.15, 0.2) is 0 Å². The van der Waals surface area contributed by atoms with Crippen LogP contribution in [0.3, 0.4) is 0 Å². The first-order valence-electron chi connectivity index (χ1n) is 9.39. The zero-order chi connectivity index (χ0) is 18.6. The van der Waals surface area contributed by atoms with Gasteiger partial charge in [-0.2, -0.15) is 0 Å². The summed E-state index contributed by atoms with van der Waals surface area (Å²) in [4.78, 5) is 14.0. The number of ether oxygens (including phenoxy) is 1. The minimum Gasteiger partial charge on any atom is -0.444 e. The van der Waals surface area contributed by atoms with E-state index in [0.29, 0.717) is 11.8 Å². The molecule has 0 bridgehead atoms. The number of benzene rings is 1.